The van der Waals surface area contributed by atoms with Crippen LogP contribution in [-0.4, -0.2) is 50.5 Å². The summed E-state index contributed by atoms with van der Waals surface area (Å²) >= 11 is 6.02. The Labute approximate surface area is 189 Å². The molecule has 2 aromatic rings. The molecule has 1 atom stereocenters. The Bertz CT molecular complexity index is 1030. The van der Waals surface area contributed by atoms with Gasteiger partial charge in [-0.15, -0.1) is 0 Å². The summed E-state index contributed by atoms with van der Waals surface area (Å²) < 4.78 is 25.9. The van der Waals surface area contributed by atoms with Crippen LogP contribution in [0.3, 0.4) is 0 Å². The zero-order chi connectivity index (χ0) is 23.2. The molecule has 2 rings (SSSR count). The molecule has 9 heteroatoms. The number of anilines is 1. The van der Waals surface area contributed by atoms with Crippen molar-refractivity contribution in [3.63, 3.8) is 0 Å². The summed E-state index contributed by atoms with van der Waals surface area (Å²) in [4.78, 5) is 27.2. The van der Waals surface area contributed by atoms with E-state index in [4.69, 9.17) is 11.6 Å². The van der Waals surface area contributed by atoms with Gasteiger partial charge in [0.2, 0.25) is 21.8 Å². The third kappa shape index (κ3) is 6.97. The van der Waals surface area contributed by atoms with Crippen molar-refractivity contribution >= 4 is 39.1 Å². The number of carbonyl (C=O) groups excluding carboxylic acids is 2. The second kappa shape index (κ2) is 10.6. The maximum Gasteiger partial charge on any atom is 0.244 e. The van der Waals surface area contributed by atoms with Gasteiger partial charge < -0.3 is 10.2 Å². The number of aryl methyl sites for hydroxylation is 1. The summed E-state index contributed by atoms with van der Waals surface area (Å²) in [6, 6.07) is 13.1. The lowest BCUT2D eigenvalue weighted by Crippen LogP contribution is -2.51. The molecule has 0 bridgehead atoms. The van der Waals surface area contributed by atoms with Crippen LogP contribution in [0.5, 0.6) is 0 Å². The molecule has 0 aliphatic carbocycles. The summed E-state index contributed by atoms with van der Waals surface area (Å²) in [6.45, 7) is 5.52. The first-order valence-corrected chi connectivity index (χ1v) is 12.1. The van der Waals surface area contributed by atoms with Crippen LogP contribution in [0.15, 0.2) is 48.5 Å². The minimum atomic E-state index is -3.77. The van der Waals surface area contributed by atoms with E-state index in [0.29, 0.717) is 11.6 Å². The average molecular weight is 466 g/mol. The predicted molar refractivity (Wildman–Crippen MR) is 124 cm³/mol. The number of carbonyl (C=O) groups is 2. The van der Waals surface area contributed by atoms with Gasteiger partial charge in [-0.05, 0) is 44.5 Å². The lowest BCUT2D eigenvalue weighted by Gasteiger charge is -2.31. The first kappa shape index (κ1) is 24.7. The first-order chi connectivity index (χ1) is 14.5. The number of rotatable bonds is 9. The number of nitrogens with one attached hydrogen (secondary N) is 1. The monoisotopic (exact) mass is 465 g/mol. The number of hydrogen-bond donors (Lipinski definition) is 1. The fourth-order valence-corrected chi connectivity index (χ4v) is 4.07. The highest BCUT2D eigenvalue weighted by atomic mass is 35.5. The fourth-order valence-electron chi connectivity index (χ4n) is 3.04. The van der Waals surface area contributed by atoms with Crippen molar-refractivity contribution in [3.05, 3.63) is 64.7 Å². The molecule has 7 nitrogen and oxygen atoms in total. The van der Waals surface area contributed by atoms with Gasteiger partial charge in [-0.2, -0.15) is 0 Å². The molecule has 31 heavy (non-hydrogen) atoms. The molecule has 0 radical (unpaired) electrons. The molecule has 0 aromatic heterocycles. The van der Waals surface area contributed by atoms with E-state index in [1.807, 2.05) is 31.2 Å². The van der Waals surface area contributed by atoms with Gasteiger partial charge in [0, 0.05) is 18.1 Å². The topological polar surface area (TPSA) is 86.8 Å². The molecular weight excluding hydrogens is 438 g/mol. The second-order valence-electron chi connectivity index (χ2n) is 7.33. The van der Waals surface area contributed by atoms with E-state index in [-0.39, 0.29) is 18.1 Å². The highest BCUT2D eigenvalue weighted by Gasteiger charge is 2.29. The molecule has 0 aliphatic heterocycles. The number of likely N-dealkylation sites (N-methyl/N-ethyl adjacent to an activating group) is 1. The summed E-state index contributed by atoms with van der Waals surface area (Å²) in [7, 11) is -3.77. The summed E-state index contributed by atoms with van der Waals surface area (Å²) in [5.74, 6) is -0.804. The van der Waals surface area contributed by atoms with Crippen LogP contribution in [-0.2, 0) is 26.2 Å². The van der Waals surface area contributed by atoms with Gasteiger partial charge in [0.25, 0.3) is 0 Å². The van der Waals surface area contributed by atoms with Gasteiger partial charge in [0.15, 0.2) is 0 Å². The Kier molecular flexibility index (Phi) is 8.47. The van der Waals surface area contributed by atoms with Gasteiger partial charge in [-0.25, -0.2) is 8.42 Å². The predicted octanol–water partition coefficient (Wildman–Crippen LogP) is 2.97. The van der Waals surface area contributed by atoms with Crippen LogP contribution in [0.4, 0.5) is 5.69 Å². The van der Waals surface area contributed by atoms with E-state index < -0.39 is 28.5 Å². The van der Waals surface area contributed by atoms with Gasteiger partial charge in [0.05, 0.1) is 11.9 Å². The number of sulfonamides is 1. The molecule has 0 saturated heterocycles. The van der Waals surface area contributed by atoms with Gasteiger partial charge in [-0.3, -0.25) is 13.9 Å². The lowest BCUT2D eigenvalue weighted by molar-refractivity contribution is -0.139. The third-order valence-electron chi connectivity index (χ3n) is 4.77. The number of amides is 2. The smallest absolute Gasteiger partial charge is 0.244 e. The van der Waals surface area contributed by atoms with Crippen molar-refractivity contribution in [2.24, 2.45) is 0 Å². The van der Waals surface area contributed by atoms with E-state index in [2.05, 4.69) is 5.32 Å². The van der Waals surface area contributed by atoms with E-state index >= 15 is 0 Å². The first-order valence-electron chi connectivity index (χ1n) is 9.89. The molecule has 0 aliphatic rings. The Morgan fingerprint density at radius 1 is 1.13 bits per heavy atom. The number of nitrogens with zero attached hydrogens (tertiary/aromatic N) is 2. The normalized spacial score (nSPS) is 12.2. The van der Waals surface area contributed by atoms with Crippen LogP contribution >= 0.6 is 11.6 Å². The summed E-state index contributed by atoms with van der Waals surface area (Å²) in [5.41, 5.74) is 2.19. The number of benzene rings is 2. The average Bonchev–Trinajstić information content (AvgIpc) is 2.70. The minimum Gasteiger partial charge on any atom is -0.355 e. The number of hydrogen-bond acceptors (Lipinski definition) is 4. The second-order valence-corrected chi connectivity index (χ2v) is 9.67. The molecule has 168 valence electrons. The molecule has 0 saturated carbocycles. The standard InChI is InChI=1S/C22H28ClN3O4S/c1-5-24-22(28)17(3)25(14-18-11-9-16(2)10-12-18)21(27)15-26(31(4,29)30)20-8-6-7-19(23)13-20/h6-13,17H,5,14-15H2,1-4H3,(H,24,28)/t17-/m1/s1. The van der Waals surface area contributed by atoms with Crippen LogP contribution in [0.25, 0.3) is 0 Å². The van der Waals surface area contributed by atoms with Crippen LogP contribution in [0.1, 0.15) is 25.0 Å². The molecule has 1 N–H and O–H groups in total. The molecule has 2 aromatic carbocycles. The number of halogens is 1. The highest BCUT2D eigenvalue weighted by Crippen LogP contribution is 2.22. The Hall–Kier alpha value is -2.58. The molecular formula is C22H28ClN3O4S. The van der Waals surface area contributed by atoms with Crippen LogP contribution in [0.2, 0.25) is 5.02 Å². The summed E-state index contributed by atoms with van der Waals surface area (Å²) in [5, 5.41) is 3.07. The molecule has 2 amide bonds. The van der Waals surface area contributed by atoms with Crippen LogP contribution in [0, 0.1) is 6.92 Å². The zero-order valence-electron chi connectivity index (χ0n) is 18.1. The molecule has 0 unspecified atom stereocenters. The highest BCUT2D eigenvalue weighted by molar-refractivity contribution is 7.92. The van der Waals surface area contributed by atoms with Crippen molar-refractivity contribution in [2.45, 2.75) is 33.4 Å². The van der Waals surface area contributed by atoms with Gasteiger partial charge in [-0.1, -0.05) is 47.5 Å². The summed E-state index contributed by atoms with van der Waals surface area (Å²) in [6.07, 6.45) is 1.03. The maximum atomic E-state index is 13.3. The Balaban J connectivity index is 2.37. The van der Waals surface area contributed by atoms with E-state index in [9.17, 15) is 18.0 Å². The maximum absolute atomic E-state index is 13.3. The molecule has 0 spiro atoms. The van der Waals surface area contributed by atoms with Gasteiger partial charge in [0.1, 0.15) is 12.6 Å². The van der Waals surface area contributed by atoms with Crippen LogP contribution < -0.4 is 9.62 Å². The van der Waals surface area contributed by atoms with Crippen molar-refractivity contribution in [2.75, 3.05) is 23.7 Å². The molecule has 0 fully saturated rings. The molecule has 0 heterocycles. The lowest BCUT2D eigenvalue weighted by atomic mass is 10.1. The Morgan fingerprint density at radius 2 is 1.77 bits per heavy atom. The quantitative estimate of drug-likeness (QED) is 0.616. The van der Waals surface area contributed by atoms with Crippen molar-refractivity contribution < 1.29 is 18.0 Å². The SMILES string of the molecule is CCNC(=O)[C@@H](C)N(Cc1ccc(C)cc1)C(=O)CN(c1cccc(Cl)c1)S(C)(=O)=O. The van der Waals surface area contributed by atoms with Crippen molar-refractivity contribution in [1.82, 2.24) is 10.2 Å². The zero-order valence-corrected chi connectivity index (χ0v) is 19.7. The third-order valence-corrected chi connectivity index (χ3v) is 6.14. The van der Waals surface area contributed by atoms with Gasteiger partial charge >= 0.3 is 0 Å². The Morgan fingerprint density at radius 3 is 2.32 bits per heavy atom. The van der Waals surface area contributed by atoms with Crippen molar-refractivity contribution in [3.8, 4) is 0 Å². The van der Waals surface area contributed by atoms with E-state index in [1.165, 1.54) is 11.0 Å². The van der Waals surface area contributed by atoms with E-state index in [0.717, 1.165) is 21.7 Å². The minimum absolute atomic E-state index is 0.171. The fraction of sp³-hybridized carbons (Fsp3) is 0.364. The van der Waals surface area contributed by atoms with E-state index in [1.54, 1.807) is 32.0 Å². The largest absolute Gasteiger partial charge is 0.355 e. The van der Waals surface area contributed by atoms with Crippen molar-refractivity contribution in [1.29, 1.82) is 0 Å².